The highest BCUT2D eigenvalue weighted by Crippen LogP contribution is 2.48. The zero-order valence-corrected chi connectivity index (χ0v) is 20.2. The van der Waals surface area contributed by atoms with Gasteiger partial charge in [0.2, 0.25) is 5.91 Å². The van der Waals surface area contributed by atoms with Crippen LogP contribution in [0.5, 0.6) is 0 Å². The van der Waals surface area contributed by atoms with E-state index in [2.05, 4.69) is 5.32 Å². The van der Waals surface area contributed by atoms with Crippen molar-refractivity contribution in [2.75, 3.05) is 52.2 Å². The summed E-state index contributed by atoms with van der Waals surface area (Å²) < 4.78 is 33.8. The zero-order chi connectivity index (χ0) is 23.7. The SMILES string of the molecule is CCOC(=O)N1CCN(C(=O)[C@H](CP(=O)(OCC)OCC)NC(=O)OC(C)(C)C)CC1. The number of carbonyl (C=O) groups is 3. The van der Waals surface area contributed by atoms with E-state index in [9.17, 15) is 18.9 Å². The summed E-state index contributed by atoms with van der Waals surface area (Å²) in [5, 5.41) is 2.51. The van der Waals surface area contributed by atoms with E-state index in [4.69, 9.17) is 18.5 Å². The van der Waals surface area contributed by atoms with Gasteiger partial charge in [-0.05, 0) is 41.5 Å². The van der Waals surface area contributed by atoms with E-state index in [0.29, 0.717) is 0 Å². The highest BCUT2D eigenvalue weighted by molar-refractivity contribution is 7.54. The van der Waals surface area contributed by atoms with E-state index < -0.39 is 37.3 Å². The highest BCUT2D eigenvalue weighted by atomic mass is 31.2. The van der Waals surface area contributed by atoms with Gasteiger partial charge >= 0.3 is 19.8 Å². The van der Waals surface area contributed by atoms with E-state index >= 15 is 0 Å². The topological polar surface area (TPSA) is 124 Å². The van der Waals surface area contributed by atoms with Gasteiger partial charge in [-0.1, -0.05) is 0 Å². The largest absolute Gasteiger partial charge is 0.450 e. The predicted octanol–water partition coefficient (Wildman–Crippen LogP) is 2.45. The van der Waals surface area contributed by atoms with Crippen molar-refractivity contribution >= 4 is 25.7 Å². The summed E-state index contributed by atoms with van der Waals surface area (Å²) in [5.74, 6) is -0.450. The molecule has 180 valence electrons. The first-order valence-electron chi connectivity index (χ1n) is 10.5. The molecule has 1 rings (SSSR count). The number of carbonyl (C=O) groups excluding carboxylic acids is 3. The van der Waals surface area contributed by atoms with Crippen molar-refractivity contribution in [1.82, 2.24) is 15.1 Å². The molecule has 0 aliphatic carbocycles. The quantitative estimate of drug-likeness (QED) is 0.515. The van der Waals surface area contributed by atoms with Gasteiger partial charge in [0.25, 0.3) is 0 Å². The van der Waals surface area contributed by atoms with Crippen LogP contribution in [0.25, 0.3) is 0 Å². The third-order valence-electron chi connectivity index (χ3n) is 4.16. The molecule has 0 radical (unpaired) electrons. The molecule has 11 nitrogen and oxygen atoms in total. The number of ether oxygens (including phenoxy) is 2. The standard InChI is InChI=1S/C19H36N3O8P/c1-7-27-18(25)22-12-10-21(11-13-22)16(23)15(20-17(24)30-19(4,5)6)14-31(26,28-8-2)29-9-3/h15H,7-14H2,1-6H3,(H,20,24)/t15-/m0/s1. The number of hydrogen-bond acceptors (Lipinski definition) is 8. The highest BCUT2D eigenvalue weighted by Gasteiger charge is 2.37. The van der Waals surface area contributed by atoms with Gasteiger partial charge in [0.05, 0.1) is 26.0 Å². The average molecular weight is 465 g/mol. The van der Waals surface area contributed by atoms with Crippen molar-refractivity contribution in [2.24, 2.45) is 0 Å². The molecule has 0 bridgehead atoms. The lowest BCUT2D eigenvalue weighted by molar-refractivity contribution is -0.134. The summed E-state index contributed by atoms with van der Waals surface area (Å²) in [6.07, 6.45) is -1.57. The summed E-state index contributed by atoms with van der Waals surface area (Å²) in [5.41, 5.74) is -0.771. The zero-order valence-electron chi connectivity index (χ0n) is 19.3. The Kier molecular flexibility index (Phi) is 10.8. The molecule has 31 heavy (non-hydrogen) atoms. The van der Waals surface area contributed by atoms with Crippen LogP contribution in [0.15, 0.2) is 0 Å². The molecule has 12 heteroatoms. The molecule has 3 amide bonds. The predicted molar refractivity (Wildman–Crippen MR) is 114 cm³/mol. The molecule has 0 aromatic carbocycles. The molecule has 0 aromatic rings. The minimum absolute atomic E-state index is 0.128. The Balaban J connectivity index is 2.94. The average Bonchev–Trinajstić information content (AvgIpc) is 2.66. The van der Waals surface area contributed by atoms with E-state index in [1.807, 2.05) is 0 Å². The number of nitrogens with zero attached hydrogens (tertiary/aromatic N) is 2. The number of piperazine rings is 1. The van der Waals surface area contributed by atoms with Crippen molar-refractivity contribution in [3.8, 4) is 0 Å². The number of nitrogens with one attached hydrogen (secondary N) is 1. The molecule has 0 saturated carbocycles. The summed E-state index contributed by atoms with van der Waals surface area (Å²) in [4.78, 5) is 40.4. The van der Waals surface area contributed by atoms with E-state index in [1.54, 1.807) is 41.5 Å². The maximum Gasteiger partial charge on any atom is 0.409 e. The third-order valence-corrected chi connectivity index (χ3v) is 6.28. The number of amides is 3. The molecule has 1 aliphatic rings. The van der Waals surface area contributed by atoms with Gasteiger partial charge < -0.3 is 33.6 Å². The Bertz CT molecular complexity index is 649. The first-order valence-corrected chi connectivity index (χ1v) is 12.3. The normalized spacial score (nSPS) is 15.9. The van der Waals surface area contributed by atoms with E-state index in [-0.39, 0.29) is 52.2 Å². The fraction of sp³-hybridized carbons (Fsp3) is 0.842. The Morgan fingerprint density at radius 1 is 0.935 bits per heavy atom. The van der Waals surface area contributed by atoms with Gasteiger partial charge in [0.15, 0.2) is 0 Å². The molecule has 1 aliphatic heterocycles. The first kappa shape index (κ1) is 27.2. The van der Waals surface area contributed by atoms with Crippen LogP contribution in [0.4, 0.5) is 9.59 Å². The van der Waals surface area contributed by atoms with Crippen LogP contribution < -0.4 is 5.32 Å². The molecule has 0 aromatic heterocycles. The molecule has 1 atom stereocenters. The minimum Gasteiger partial charge on any atom is -0.450 e. The van der Waals surface area contributed by atoms with Crippen molar-refractivity contribution in [3.05, 3.63) is 0 Å². The second-order valence-corrected chi connectivity index (χ2v) is 9.94. The van der Waals surface area contributed by atoms with Gasteiger partial charge in [-0.15, -0.1) is 0 Å². The van der Waals surface area contributed by atoms with Gasteiger partial charge in [-0.25, -0.2) is 9.59 Å². The Morgan fingerprint density at radius 2 is 1.45 bits per heavy atom. The van der Waals surface area contributed by atoms with Crippen LogP contribution in [0, 0.1) is 0 Å². The number of hydrogen-bond donors (Lipinski definition) is 1. The maximum atomic E-state index is 13.2. The third kappa shape index (κ3) is 9.45. The first-order chi connectivity index (χ1) is 14.4. The Labute approximate surface area is 184 Å². The molecule has 1 fully saturated rings. The van der Waals surface area contributed by atoms with E-state index in [1.165, 1.54) is 9.80 Å². The molecule has 1 heterocycles. The molecule has 0 unspecified atom stereocenters. The van der Waals surface area contributed by atoms with Crippen LogP contribution in [0.3, 0.4) is 0 Å². The summed E-state index contributed by atoms with van der Waals surface area (Å²) in [6.45, 7) is 11.7. The maximum absolute atomic E-state index is 13.2. The number of alkyl carbamates (subject to hydrolysis) is 1. The van der Waals surface area contributed by atoms with Crippen molar-refractivity contribution in [2.45, 2.75) is 53.2 Å². The summed E-state index contributed by atoms with van der Waals surface area (Å²) >= 11 is 0. The van der Waals surface area contributed by atoms with Crippen LogP contribution in [-0.2, 0) is 27.9 Å². The van der Waals surface area contributed by atoms with Crippen LogP contribution >= 0.6 is 7.60 Å². The minimum atomic E-state index is -3.63. The molecule has 1 N–H and O–H groups in total. The molecule has 0 spiro atoms. The lowest BCUT2D eigenvalue weighted by Crippen LogP contribution is -2.57. The fourth-order valence-corrected chi connectivity index (χ4v) is 4.71. The Morgan fingerprint density at radius 3 is 1.90 bits per heavy atom. The van der Waals surface area contributed by atoms with Crippen molar-refractivity contribution in [1.29, 1.82) is 0 Å². The fourth-order valence-electron chi connectivity index (χ4n) is 2.94. The molecular formula is C19H36N3O8P. The molecule has 1 saturated heterocycles. The van der Waals surface area contributed by atoms with Crippen molar-refractivity contribution < 1.29 is 37.5 Å². The van der Waals surface area contributed by atoms with Crippen LogP contribution in [0.1, 0.15) is 41.5 Å². The van der Waals surface area contributed by atoms with Crippen molar-refractivity contribution in [3.63, 3.8) is 0 Å². The van der Waals surface area contributed by atoms with Gasteiger partial charge in [-0.2, -0.15) is 0 Å². The van der Waals surface area contributed by atoms with Gasteiger partial charge in [0.1, 0.15) is 11.6 Å². The van der Waals surface area contributed by atoms with Crippen LogP contribution in [0.2, 0.25) is 0 Å². The Hall–Kier alpha value is -1.84. The lowest BCUT2D eigenvalue weighted by atomic mass is 10.2. The monoisotopic (exact) mass is 465 g/mol. The number of rotatable bonds is 9. The smallest absolute Gasteiger partial charge is 0.409 e. The molecular weight excluding hydrogens is 429 g/mol. The second kappa shape index (κ2) is 12.3. The van der Waals surface area contributed by atoms with Crippen LogP contribution in [-0.4, -0.2) is 91.7 Å². The van der Waals surface area contributed by atoms with Gasteiger partial charge in [-0.3, -0.25) is 9.36 Å². The lowest BCUT2D eigenvalue weighted by Gasteiger charge is -2.36. The van der Waals surface area contributed by atoms with E-state index in [0.717, 1.165) is 0 Å². The van der Waals surface area contributed by atoms with Gasteiger partial charge in [0, 0.05) is 26.2 Å². The second-order valence-electron chi connectivity index (χ2n) is 7.84. The summed E-state index contributed by atoms with van der Waals surface area (Å²) in [7, 11) is -3.63. The summed E-state index contributed by atoms with van der Waals surface area (Å²) in [6, 6.07) is -1.17.